The van der Waals surface area contributed by atoms with E-state index in [0.29, 0.717) is 0 Å². The molecule has 0 bridgehead atoms. The van der Waals surface area contributed by atoms with Crippen LogP contribution in [0.4, 0.5) is 0 Å². The minimum atomic E-state index is -0.0514. The first-order chi connectivity index (χ1) is 6.59. The van der Waals surface area contributed by atoms with Crippen LogP contribution in [0.3, 0.4) is 0 Å². The molecule has 4 nitrogen and oxygen atoms in total. The van der Waals surface area contributed by atoms with Gasteiger partial charge in [-0.05, 0) is 18.6 Å². The van der Waals surface area contributed by atoms with Crippen LogP contribution in [-0.4, -0.2) is 12.2 Å². The Bertz CT molecular complexity index is 380. The van der Waals surface area contributed by atoms with E-state index >= 15 is 0 Å². The predicted octanol–water partition coefficient (Wildman–Crippen LogP) is 1.36. The van der Waals surface area contributed by atoms with E-state index in [4.69, 9.17) is 11.5 Å². The van der Waals surface area contributed by atoms with Crippen molar-refractivity contribution in [3.05, 3.63) is 33.8 Å². The fraction of sp³-hybridized carbons (Fsp3) is 0.111. The van der Waals surface area contributed by atoms with Crippen molar-refractivity contribution in [1.29, 1.82) is 0 Å². The lowest BCUT2D eigenvalue weighted by Crippen LogP contribution is -2.21. The van der Waals surface area contributed by atoms with Crippen molar-refractivity contribution in [3.8, 4) is 0 Å². The van der Waals surface area contributed by atoms with Crippen molar-refractivity contribution >= 4 is 28.1 Å². The summed E-state index contributed by atoms with van der Waals surface area (Å²) < 4.78 is 0.965. The number of guanidine groups is 1. The summed E-state index contributed by atoms with van der Waals surface area (Å²) >= 11 is 3.41. The zero-order valence-corrected chi connectivity index (χ0v) is 9.32. The number of nitrogens with two attached hydrogens (primary N) is 2. The molecule has 0 radical (unpaired) electrons. The van der Waals surface area contributed by atoms with E-state index < -0.39 is 0 Å². The maximum atomic E-state index is 5.12. The van der Waals surface area contributed by atoms with Gasteiger partial charge in [0.05, 0.1) is 6.21 Å². The minimum absolute atomic E-state index is 0.0514. The molecule has 14 heavy (non-hydrogen) atoms. The summed E-state index contributed by atoms with van der Waals surface area (Å²) in [4.78, 5) is 0. The summed E-state index contributed by atoms with van der Waals surface area (Å²) in [5, 5.41) is 7.22. The van der Waals surface area contributed by atoms with Gasteiger partial charge in [0.25, 0.3) is 0 Å². The lowest BCUT2D eigenvalue weighted by atomic mass is 10.2. The second-order valence-corrected chi connectivity index (χ2v) is 3.65. The Kier molecular flexibility index (Phi) is 3.64. The number of halogens is 1. The van der Waals surface area contributed by atoms with Crippen LogP contribution in [0.1, 0.15) is 11.1 Å². The van der Waals surface area contributed by atoms with Crippen LogP contribution in [0.15, 0.2) is 32.9 Å². The summed E-state index contributed by atoms with van der Waals surface area (Å²) in [6.07, 6.45) is 1.59. The van der Waals surface area contributed by atoms with Gasteiger partial charge >= 0.3 is 0 Å². The van der Waals surface area contributed by atoms with Crippen molar-refractivity contribution < 1.29 is 0 Å². The zero-order valence-electron chi connectivity index (χ0n) is 7.74. The van der Waals surface area contributed by atoms with E-state index in [1.165, 1.54) is 5.56 Å². The van der Waals surface area contributed by atoms with Gasteiger partial charge in [0.1, 0.15) is 0 Å². The molecule has 0 saturated carbocycles. The zero-order chi connectivity index (χ0) is 10.6. The lowest BCUT2D eigenvalue weighted by molar-refractivity contribution is 1.21. The fourth-order valence-corrected chi connectivity index (χ4v) is 1.49. The lowest BCUT2D eigenvalue weighted by Gasteiger charge is -1.98. The molecule has 0 spiro atoms. The highest BCUT2D eigenvalue weighted by Crippen LogP contribution is 2.16. The first kappa shape index (κ1) is 10.7. The molecule has 0 saturated heterocycles. The predicted molar refractivity (Wildman–Crippen MR) is 62.3 cm³/mol. The first-order valence-electron chi connectivity index (χ1n) is 3.97. The summed E-state index contributed by atoms with van der Waals surface area (Å²) in [6.45, 7) is 2.02. The van der Waals surface area contributed by atoms with Gasteiger partial charge in [0.2, 0.25) is 5.96 Å². The first-order valence-corrected chi connectivity index (χ1v) is 4.77. The molecule has 1 aromatic carbocycles. The molecule has 0 heterocycles. The topological polar surface area (TPSA) is 76.8 Å². The molecule has 0 aromatic heterocycles. The van der Waals surface area contributed by atoms with Gasteiger partial charge in [-0.1, -0.05) is 28.1 Å². The summed E-state index contributed by atoms with van der Waals surface area (Å²) in [5.41, 5.74) is 12.3. The van der Waals surface area contributed by atoms with E-state index in [1.54, 1.807) is 6.21 Å². The van der Waals surface area contributed by atoms with Crippen molar-refractivity contribution in [1.82, 2.24) is 0 Å². The highest BCUT2D eigenvalue weighted by atomic mass is 79.9. The van der Waals surface area contributed by atoms with Crippen LogP contribution in [0.5, 0.6) is 0 Å². The summed E-state index contributed by atoms with van der Waals surface area (Å²) in [7, 11) is 0. The molecule has 0 aliphatic rings. The van der Waals surface area contributed by atoms with E-state index in [1.807, 2.05) is 25.1 Å². The smallest absolute Gasteiger partial charge is 0.211 e. The summed E-state index contributed by atoms with van der Waals surface area (Å²) in [5.74, 6) is -0.0514. The van der Waals surface area contributed by atoms with Gasteiger partial charge in [0.15, 0.2) is 0 Å². The minimum Gasteiger partial charge on any atom is -0.369 e. The Balaban J connectivity index is 2.87. The average molecular weight is 255 g/mol. The number of benzene rings is 1. The third-order valence-electron chi connectivity index (χ3n) is 1.53. The highest BCUT2D eigenvalue weighted by molar-refractivity contribution is 9.10. The molecular formula is C9H11BrN4. The molecule has 0 unspecified atom stereocenters. The number of hydrogen-bond donors (Lipinski definition) is 2. The quantitative estimate of drug-likeness (QED) is 0.475. The largest absolute Gasteiger partial charge is 0.369 e. The Morgan fingerprint density at radius 2 is 2.14 bits per heavy atom. The molecule has 1 aromatic rings. The Labute approximate surface area is 90.8 Å². The molecule has 4 N–H and O–H groups in total. The Morgan fingerprint density at radius 1 is 1.43 bits per heavy atom. The van der Waals surface area contributed by atoms with Crippen LogP contribution in [0.2, 0.25) is 0 Å². The number of aryl methyl sites for hydroxylation is 1. The van der Waals surface area contributed by atoms with Gasteiger partial charge < -0.3 is 11.5 Å². The molecule has 0 aliphatic carbocycles. The van der Waals surface area contributed by atoms with E-state index in [0.717, 1.165) is 10.0 Å². The number of rotatable bonds is 2. The van der Waals surface area contributed by atoms with Gasteiger partial charge in [-0.2, -0.15) is 5.10 Å². The van der Waals surface area contributed by atoms with Gasteiger partial charge in [-0.25, -0.2) is 0 Å². The monoisotopic (exact) mass is 254 g/mol. The van der Waals surface area contributed by atoms with Crippen LogP contribution in [-0.2, 0) is 0 Å². The van der Waals surface area contributed by atoms with Crippen LogP contribution >= 0.6 is 15.9 Å². The maximum Gasteiger partial charge on any atom is 0.211 e. The average Bonchev–Trinajstić information content (AvgIpc) is 2.08. The van der Waals surface area contributed by atoms with E-state index in [2.05, 4.69) is 26.1 Å². The third kappa shape index (κ3) is 3.18. The molecule has 0 fully saturated rings. The molecule has 5 heteroatoms. The maximum absolute atomic E-state index is 5.12. The van der Waals surface area contributed by atoms with Gasteiger partial charge in [-0.3, -0.25) is 0 Å². The normalized spacial score (nSPS) is 10.4. The molecular weight excluding hydrogens is 244 g/mol. The van der Waals surface area contributed by atoms with E-state index in [-0.39, 0.29) is 5.96 Å². The van der Waals surface area contributed by atoms with Crippen molar-refractivity contribution in [2.75, 3.05) is 0 Å². The molecule has 74 valence electrons. The van der Waals surface area contributed by atoms with Gasteiger partial charge in [-0.15, -0.1) is 5.10 Å². The third-order valence-corrected chi connectivity index (χ3v) is 2.21. The van der Waals surface area contributed by atoms with Crippen molar-refractivity contribution in [2.45, 2.75) is 6.92 Å². The molecule has 0 amide bonds. The van der Waals surface area contributed by atoms with Crippen LogP contribution < -0.4 is 11.5 Å². The van der Waals surface area contributed by atoms with Crippen molar-refractivity contribution in [2.24, 2.45) is 21.7 Å². The Morgan fingerprint density at radius 3 is 2.71 bits per heavy atom. The van der Waals surface area contributed by atoms with Crippen LogP contribution in [0, 0.1) is 6.92 Å². The second-order valence-electron chi connectivity index (χ2n) is 2.79. The molecule has 0 atom stereocenters. The van der Waals surface area contributed by atoms with Crippen LogP contribution in [0.25, 0.3) is 0 Å². The second kappa shape index (κ2) is 4.76. The molecule has 0 aliphatic heterocycles. The highest BCUT2D eigenvalue weighted by Gasteiger charge is 1.95. The van der Waals surface area contributed by atoms with E-state index in [9.17, 15) is 0 Å². The standard InChI is InChI=1S/C9H11BrN4/c1-6-2-3-7(8(10)4-6)5-13-14-9(11)12/h2-5H,1H3,(H4,11,12,14). The number of hydrogen-bond acceptors (Lipinski definition) is 2. The van der Waals surface area contributed by atoms with Crippen molar-refractivity contribution in [3.63, 3.8) is 0 Å². The van der Waals surface area contributed by atoms with Gasteiger partial charge in [0, 0.05) is 10.0 Å². The fourth-order valence-electron chi connectivity index (χ4n) is 0.895. The number of nitrogens with zero attached hydrogens (tertiary/aromatic N) is 2. The molecule has 1 rings (SSSR count). The Hall–Kier alpha value is -1.36. The SMILES string of the molecule is Cc1ccc(C=NN=C(N)N)c(Br)c1. The summed E-state index contributed by atoms with van der Waals surface area (Å²) in [6, 6.07) is 5.92.